The molecule has 2 amide bonds. The van der Waals surface area contributed by atoms with Gasteiger partial charge in [0, 0.05) is 18.7 Å². The maximum Gasteiger partial charge on any atom is 0.338 e. The quantitative estimate of drug-likeness (QED) is 0.559. The lowest BCUT2D eigenvalue weighted by atomic mass is 10.2. The van der Waals surface area contributed by atoms with E-state index in [2.05, 4.69) is 5.32 Å². The molecule has 2 aromatic rings. The number of hydrogen-bond acceptors (Lipinski definition) is 5. The van der Waals surface area contributed by atoms with Gasteiger partial charge in [-0.15, -0.1) is 0 Å². The smallest absolute Gasteiger partial charge is 0.338 e. The van der Waals surface area contributed by atoms with E-state index in [0.29, 0.717) is 37.4 Å². The molecule has 28 heavy (non-hydrogen) atoms. The molecule has 1 N–H and O–H groups in total. The lowest BCUT2D eigenvalue weighted by Crippen LogP contribution is -2.32. The van der Waals surface area contributed by atoms with Crippen LogP contribution < -0.4 is 15.0 Å². The summed E-state index contributed by atoms with van der Waals surface area (Å²) in [5.74, 6) is -0.248. The summed E-state index contributed by atoms with van der Waals surface area (Å²) in [7, 11) is 0. The second kappa shape index (κ2) is 9.55. The number of esters is 1. The molecule has 0 aromatic heterocycles. The number of hydrogen-bond donors (Lipinski definition) is 1. The van der Waals surface area contributed by atoms with Gasteiger partial charge in [0.1, 0.15) is 12.4 Å². The summed E-state index contributed by atoms with van der Waals surface area (Å²) in [4.78, 5) is 37.5. The molecule has 0 bridgehead atoms. The number of rotatable bonds is 8. The van der Waals surface area contributed by atoms with E-state index in [-0.39, 0.29) is 12.5 Å². The largest absolute Gasteiger partial charge is 0.492 e. The number of nitrogens with zero attached hydrogens (tertiary/aromatic N) is 1. The van der Waals surface area contributed by atoms with E-state index in [9.17, 15) is 14.4 Å². The second-order valence-electron chi connectivity index (χ2n) is 6.29. The molecular formula is C21H22N2O5. The van der Waals surface area contributed by atoms with E-state index >= 15 is 0 Å². The standard InChI is InChI=1S/C21H22N2O5/c24-19(22-11-13-27-18-8-2-1-3-9-18)15-28-21(26)16-6-4-7-17(14-16)23-12-5-10-20(23)25/h1-4,6-9,14H,5,10-13,15H2,(H,22,24). The van der Waals surface area contributed by atoms with E-state index < -0.39 is 11.9 Å². The predicted octanol–water partition coefficient (Wildman–Crippen LogP) is 2.17. The first-order valence-corrected chi connectivity index (χ1v) is 9.15. The summed E-state index contributed by atoms with van der Waals surface area (Å²) >= 11 is 0. The summed E-state index contributed by atoms with van der Waals surface area (Å²) in [5, 5.41) is 2.63. The first kappa shape index (κ1) is 19.4. The van der Waals surface area contributed by atoms with Crippen LogP contribution in [0.25, 0.3) is 0 Å². The van der Waals surface area contributed by atoms with Gasteiger partial charge >= 0.3 is 5.97 Å². The van der Waals surface area contributed by atoms with Gasteiger partial charge in [0.15, 0.2) is 6.61 Å². The molecule has 1 fully saturated rings. The zero-order valence-corrected chi connectivity index (χ0v) is 15.4. The summed E-state index contributed by atoms with van der Waals surface area (Å²) < 4.78 is 10.5. The summed E-state index contributed by atoms with van der Waals surface area (Å²) in [6, 6.07) is 15.9. The SMILES string of the molecule is O=C(COC(=O)c1cccc(N2CCCC2=O)c1)NCCOc1ccccc1. The van der Waals surface area contributed by atoms with Crippen LogP contribution in [0.15, 0.2) is 54.6 Å². The molecule has 146 valence electrons. The molecule has 1 saturated heterocycles. The van der Waals surface area contributed by atoms with Crippen molar-refractivity contribution in [3.8, 4) is 5.75 Å². The normalized spacial score (nSPS) is 13.3. The Morgan fingerprint density at radius 2 is 1.89 bits per heavy atom. The Morgan fingerprint density at radius 1 is 1.07 bits per heavy atom. The van der Waals surface area contributed by atoms with Crippen molar-refractivity contribution in [2.45, 2.75) is 12.8 Å². The van der Waals surface area contributed by atoms with E-state index in [4.69, 9.17) is 9.47 Å². The molecule has 1 aliphatic rings. The molecule has 0 saturated carbocycles. The molecule has 2 aromatic carbocycles. The number of ether oxygens (including phenoxy) is 2. The van der Waals surface area contributed by atoms with Gasteiger partial charge in [0.05, 0.1) is 12.1 Å². The molecular weight excluding hydrogens is 360 g/mol. The Bertz CT molecular complexity index is 838. The monoisotopic (exact) mass is 382 g/mol. The third kappa shape index (κ3) is 5.33. The van der Waals surface area contributed by atoms with Crippen molar-refractivity contribution in [2.24, 2.45) is 0 Å². The highest BCUT2D eigenvalue weighted by atomic mass is 16.5. The van der Waals surface area contributed by atoms with Crippen molar-refractivity contribution in [1.82, 2.24) is 5.32 Å². The second-order valence-corrected chi connectivity index (χ2v) is 6.29. The van der Waals surface area contributed by atoms with E-state index in [1.54, 1.807) is 29.2 Å². The first-order chi connectivity index (χ1) is 13.6. The molecule has 1 heterocycles. The Kier molecular flexibility index (Phi) is 6.62. The Morgan fingerprint density at radius 3 is 2.64 bits per heavy atom. The van der Waals surface area contributed by atoms with Crippen LogP contribution in [0.2, 0.25) is 0 Å². The van der Waals surface area contributed by atoms with E-state index in [1.807, 2.05) is 30.3 Å². The maximum atomic E-state index is 12.2. The summed E-state index contributed by atoms with van der Waals surface area (Å²) in [6.07, 6.45) is 1.32. The summed E-state index contributed by atoms with van der Waals surface area (Å²) in [6.45, 7) is 0.884. The van der Waals surface area contributed by atoms with Crippen molar-refractivity contribution >= 4 is 23.5 Å². The number of para-hydroxylation sites is 1. The minimum atomic E-state index is -0.607. The highest BCUT2D eigenvalue weighted by Crippen LogP contribution is 2.22. The third-order valence-corrected chi connectivity index (χ3v) is 4.24. The van der Waals surface area contributed by atoms with Crippen molar-refractivity contribution in [2.75, 3.05) is 31.2 Å². The highest BCUT2D eigenvalue weighted by Gasteiger charge is 2.22. The van der Waals surface area contributed by atoms with Crippen molar-refractivity contribution in [3.63, 3.8) is 0 Å². The van der Waals surface area contributed by atoms with Crippen LogP contribution >= 0.6 is 0 Å². The average molecular weight is 382 g/mol. The van der Waals surface area contributed by atoms with Gasteiger partial charge in [-0.2, -0.15) is 0 Å². The van der Waals surface area contributed by atoms with Crippen LogP contribution in [-0.4, -0.2) is 44.1 Å². The van der Waals surface area contributed by atoms with E-state index in [1.165, 1.54) is 0 Å². The Labute approximate surface area is 163 Å². The van der Waals surface area contributed by atoms with Gasteiger partial charge in [0.25, 0.3) is 5.91 Å². The van der Waals surface area contributed by atoms with Gasteiger partial charge in [-0.1, -0.05) is 24.3 Å². The van der Waals surface area contributed by atoms with Crippen molar-refractivity contribution < 1.29 is 23.9 Å². The Balaban J connectivity index is 1.41. The van der Waals surface area contributed by atoms with Gasteiger partial charge < -0.3 is 19.7 Å². The van der Waals surface area contributed by atoms with Crippen LogP contribution in [0.3, 0.4) is 0 Å². The van der Waals surface area contributed by atoms with Crippen LogP contribution in [-0.2, 0) is 14.3 Å². The highest BCUT2D eigenvalue weighted by molar-refractivity contribution is 5.97. The first-order valence-electron chi connectivity index (χ1n) is 9.15. The lowest BCUT2D eigenvalue weighted by molar-refractivity contribution is -0.124. The maximum absolute atomic E-state index is 12.2. The molecule has 7 nitrogen and oxygen atoms in total. The zero-order chi connectivity index (χ0) is 19.8. The van der Waals surface area contributed by atoms with Crippen molar-refractivity contribution in [1.29, 1.82) is 0 Å². The average Bonchev–Trinajstić information content (AvgIpc) is 3.16. The molecule has 0 aliphatic carbocycles. The van der Waals surface area contributed by atoms with Gasteiger partial charge in [-0.25, -0.2) is 4.79 Å². The topological polar surface area (TPSA) is 84.9 Å². The fraction of sp³-hybridized carbons (Fsp3) is 0.286. The Hall–Kier alpha value is -3.35. The number of carbonyl (C=O) groups is 3. The third-order valence-electron chi connectivity index (χ3n) is 4.24. The number of nitrogens with one attached hydrogen (secondary N) is 1. The zero-order valence-electron chi connectivity index (χ0n) is 15.4. The number of amides is 2. The molecule has 0 atom stereocenters. The molecule has 0 radical (unpaired) electrons. The van der Waals surface area contributed by atoms with Crippen LogP contribution in [0.1, 0.15) is 23.2 Å². The molecule has 3 rings (SSSR count). The number of anilines is 1. The fourth-order valence-corrected chi connectivity index (χ4v) is 2.86. The fourth-order valence-electron chi connectivity index (χ4n) is 2.86. The van der Waals surface area contributed by atoms with Crippen LogP contribution in [0.4, 0.5) is 5.69 Å². The lowest BCUT2D eigenvalue weighted by Gasteiger charge is -2.16. The predicted molar refractivity (Wildman–Crippen MR) is 103 cm³/mol. The van der Waals surface area contributed by atoms with Gasteiger partial charge in [-0.3, -0.25) is 9.59 Å². The van der Waals surface area contributed by atoms with E-state index in [0.717, 1.165) is 12.2 Å². The van der Waals surface area contributed by atoms with Gasteiger partial charge in [-0.05, 0) is 36.8 Å². The van der Waals surface area contributed by atoms with Crippen LogP contribution in [0, 0.1) is 0 Å². The van der Waals surface area contributed by atoms with Gasteiger partial charge in [0.2, 0.25) is 5.91 Å². The van der Waals surface area contributed by atoms with Crippen LogP contribution in [0.5, 0.6) is 5.75 Å². The number of benzene rings is 2. The minimum Gasteiger partial charge on any atom is -0.492 e. The molecule has 1 aliphatic heterocycles. The molecule has 7 heteroatoms. The minimum absolute atomic E-state index is 0.0441. The molecule has 0 spiro atoms. The number of carbonyl (C=O) groups excluding carboxylic acids is 3. The van der Waals surface area contributed by atoms with Crippen molar-refractivity contribution in [3.05, 3.63) is 60.2 Å². The molecule has 0 unspecified atom stereocenters. The summed E-state index contributed by atoms with van der Waals surface area (Å²) in [5.41, 5.74) is 0.969.